The van der Waals surface area contributed by atoms with Gasteiger partial charge < -0.3 is 10.4 Å². The smallest absolute Gasteiger partial charge is 0.303 e. The molecule has 4 nitrogen and oxygen atoms in total. The molecule has 0 atom stereocenters. The van der Waals surface area contributed by atoms with Gasteiger partial charge in [0.05, 0.1) is 0 Å². The van der Waals surface area contributed by atoms with Gasteiger partial charge in [-0.3, -0.25) is 9.59 Å². The molecular weight excluding hydrogens is 194 g/mol. The van der Waals surface area contributed by atoms with Gasteiger partial charge in [0, 0.05) is 19.4 Å². The molecule has 0 aromatic heterocycles. The lowest BCUT2D eigenvalue weighted by molar-refractivity contribution is -0.137. The predicted molar refractivity (Wildman–Crippen MR) is 58.6 cm³/mol. The van der Waals surface area contributed by atoms with E-state index in [1.807, 2.05) is 0 Å². The molecule has 0 aliphatic carbocycles. The molecule has 0 bridgehead atoms. The van der Waals surface area contributed by atoms with Gasteiger partial charge in [0.25, 0.3) is 0 Å². The number of unbranched alkanes of at least 4 members (excludes halogenated alkanes) is 3. The van der Waals surface area contributed by atoms with Crippen molar-refractivity contribution < 1.29 is 14.7 Å². The number of hydrogen-bond acceptors (Lipinski definition) is 2. The number of rotatable bonds is 9. The molecule has 4 heteroatoms. The number of hydrogen-bond donors (Lipinski definition) is 2. The SMILES string of the molecule is CCCCC(=O)NCCCCCC(=O)O. The molecule has 0 rings (SSSR count). The molecule has 88 valence electrons. The van der Waals surface area contributed by atoms with Crippen LogP contribution in [0.4, 0.5) is 0 Å². The number of carbonyl (C=O) groups excluding carboxylic acids is 1. The van der Waals surface area contributed by atoms with Crippen molar-refractivity contribution in [1.29, 1.82) is 0 Å². The van der Waals surface area contributed by atoms with Crippen LogP contribution in [0.15, 0.2) is 0 Å². The summed E-state index contributed by atoms with van der Waals surface area (Å²) in [6.45, 7) is 2.72. The molecule has 0 aromatic rings. The lowest BCUT2D eigenvalue weighted by Gasteiger charge is -2.03. The average molecular weight is 215 g/mol. The third-order valence-corrected chi connectivity index (χ3v) is 2.15. The summed E-state index contributed by atoms with van der Waals surface area (Å²) in [4.78, 5) is 21.3. The van der Waals surface area contributed by atoms with Crippen LogP contribution in [-0.4, -0.2) is 23.5 Å². The third kappa shape index (κ3) is 10.9. The van der Waals surface area contributed by atoms with E-state index in [4.69, 9.17) is 5.11 Å². The molecule has 0 fully saturated rings. The van der Waals surface area contributed by atoms with Gasteiger partial charge in [-0.05, 0) is 19.3 Å². The summed E-state index contributed by atoms with van der Waals surface area (Å²) < 4.78 is 0. The zero-order chi connectivity index (χ0) is 11.5. The van der Waals surface area contributed by atoms with Crippen molar-refractivity contribution in [3.8, 4) is 0 Å². The first-order valence-electron chi connectivity index (χ1n) is 5.65. The van der Waals surface area contributed by atoms with E-state index < -0.39 is 5.97 Å². The predicted octanol–water partition coefficient (Wildman–Crippen LogP) is 1.94. The summed E-state index contributed by atoms with van der Waals surface area (Å²) in [5, 5.41) is 11.2. The van der Waals surface area contributed by atoms with Crippen LogP contribution in [0.25, 0.3) is 0 Å². The van der Waals surface area contributed by atoms with E-state index in [2.05, 4.69) is 12.2 Å². The molecule has 0 spiro atoms. The first-order valence-corrected chi connectivity index (χ1v) is 5.65. The Kier molecular flexibility index (Phi) is 8.82. The molecule has 1 amide bonds. The number of aliphatic carboxylic acids is 1. The Morgan fingerprint density at radius 2 is 1.80 bits per heavy atom. The molecule has 0 unspecified atom stereocenters. The molecular formula is C11H21NO3. The zero-order valence-electron chi connectivity index (χ0n) is 9.42. The Morgan fingerprint density at radius 1 is 1.07 bits per heavy atom. The quantitative estimate of drug-likeness (QED) is 0.578. The minimum atomic E-state index is -0.748. The van der Waals surface area contributed by atoms with Gasteiger partial charge in [0.2, 0.25) is 5.91 Å². The second-order valence-corrected chi connectivity index (χ2v) is 3.66. The number of nitrogens with one attached hydrogen (secondary N) is 1. The summed E-state index contributed by atoms with van der Waals surface area (Å²) in [5.41, 5.74) is 0. The van der Waals surface area contributed by atoms with E-state index in [0.717, 1.165) is 25.7 Å². The van der Waals surface area contributed by atoms with Crippen LogP contribution < -0.4 is 5.32 Å². The highest BCUT2D eigenvalue weighted by Crippen LogP contribution is 1.99. The number of amides is 1. The fraction of sp³-hybridized carbons (Fsp3) is 0.818. The molecule has 0 aliphatic heterocycles. The van der Waals surface area contributed by atoms with Crippen LogP contribution in [-0.2, 0) is 9.59 Å². The van der Waals surface area contributed by atoms with Crippen molar-refractivity contribution in [2.75, 3.05) is 6.54 Å². The standard InChI is InChI=1S/C11H21NO3/c1-2-3-7-10(13)12-9-6-4-5-8-11(14)15/h2-9H2,1H3,(H,12,13)(H,14,15). The van der Waals surface area contributed by atoms with E-state index in [1.165, 1.54) is 0 Å². The zero-order valence-corrected chi connectivity index (χ0v) is 9.42. The Morgan fingerprint density at radius 3 is 2.40 bits per heavy atom. The fourth-order valence-corrected chi connectivity index (χ4v) is 1.23. The first kappa shape index (κ1) is 13.9. The van der Waals surface area contributed by atoms with Crippen molar-refractivity contribution in [2.24, 2.45) is 0 Å². The molecule has 15 heavy (non-hydrogen) atoms. The molecule has 0 saturated heterocycles. The van der Waals surface area contributed by atoms with Gasteiger partial charge in [-0.2, -0.15) is 0 Å². The van der Waals surface area contributed by atoms with Gasteiger partial charge in [0.1, 0.15) is 0 Å². The summed E-state index contributed by atoms with van der Waals surface area (Å²) >= 11 is 0. The molecule has 0 heterocycles. The van der Waals surface area contributed by atoms with E-state index in [9.17, 15) is 9.59 Å². The maximum absolute atomic E-state index is 11.1. The van der Waals surface area contributed by atoms with Gasteiger partial charge in [-0.15, -0.1) is 0 Å². The molecule has 0 aliphatic rings. The minimum absolute atomic E-state index is 0.107. The van der Waals surface area contributed by atoms with Crippen LogP contribution in [0.3, 0.4) is 0 Å². The summed E-state index contributed by atoms with van der Waals surface area (Å²) in [5.74, 6) is -0.642. The van der Waals surface area contributed by atoms with Gasteiger partial charge in [-0.1, -0.05) is 19.8 Å². The minimum Gasteiger partial charge on any atom is -0.481 e. The second kappa shape index (κ2) is 9.49. The largest absolute Gasteiger partial charge is 0.481 e. The first-order chi connectivity index (χ1) is 7.16. The molecule has 0 radical (unpaired) electrons. The van der Waals surface area contributed by atoms with Gasteiger partial charge >= 0.3 is 5.97 Å². The maximum Gasteiger partial charge on any atom is 0.303 e. The number of carbonyl (C=O) groups is 2. The Bertz CT molecular complexity index is 192. The summed E-state index contributed by atoms with van der Waals surface area (Å²) in [6, 6.07) is 0. The van der Waals surface area contributed by atoms with Crippen molar-refractivity contribution in [3.05, 3.63) is 0 Å². The van der Waals surface area contributed by atoms with Crippen LogP contribution in [0, 0.1) is 0 Å². The van der Waals surface area contributed by atoms with Crippen molar-refractivity contribution in [2.45, 2.75) is 51.9 Å². The van der Waals surface area contributed by atoms with Gasteiger partial charge in [-0.25, -0.2) is 0 Å². The third-order valence-electron chi connectivity index (χ3n) is 2.15. The van der Waals surface area contributed by atoms with E-state index in [1.54, 1.807) is 0 Å². The maximum atomic E-state index is 11.1. The van der Waals surface area contributed by atoms with Crippen molar-refractivity contribution in [1.82, 2.24) is 5.32 Å². The monoisotopic (exact) mass is 215 g/mol. The Hall–Kier alpha value is -1.06. The van der Waals surface area contributed by atoms with E-state index in [-0.39, 0.29) is 12.3 Å². The van der Waals surface area contributed by atoms with Crippen LogP contribution in [0.5, 0.6) is 0 Å². The van der Waals surface area contributed by atoms with E-state index >= 15 is 0 Å². The highest BCUT2D eigenvalue weighted by atomic mass is 16.4. The normalized spacial score (nSPS) is 9.93. The van der Waals surface area contributed by atoms with Crippen molar-refractivity contribution >= 4 is 11.9 Å². The topological polar surface area (TPSA) is 66.4 Å². The number of carboxylic acids is 1. The highest BCUT2D eigenvalue weighted by molar-refractivity contribution is 5.75. The molecule has 2 N–H and O–H groups in total. The fourth-order valence-electron chi connectivity index (χ4n) is 1.23. The highest BCUT2D eigenvalue weighted by Gasteiger charge is 1.99. The lowest BCUT2D eigenvalue weighted by Crippen LogP contribution is -2.23. The molecule has 0 saturated carbocycles. The molecule has 0 aromatic carbocycles. The Balaban J connectivity index is 3.16. The lowest BCUT2D eigenvalue weighted by atomic mass is 10.2. The Labute approximate surface area is 91.1 Å². The van der Waals surface area contributed by atoms with Crippen LogP contribution >= 0.6 is 0 Å². The van der Waals surface area contributed by atoms with Crippen LogP contribution in [0.1, 0.15) is 51.9 Å². The van der Waals surface area contributed by atoms with Crippen molar-refractivity contribution in [3.63, 3.8) is 0 Å². The van der Waals surface area contributed by atoms with E-state index in [0.29, 0.717) is 19.4 Å². The summed E-state index contributed by atoms with van der Waals surface area (Å²) in [7, 11) is 0. The van der Waals surface area contributed by atoms with Gasteiger partial charge in [0.15, 0.2) is 0 Å². The summed E-state index contributed by atoms with van der Waals surface area (Å²) in [6.07, 6.45) is 5.22. The second-order valence-electron chi connectivity index (χ2n) is 3.66. The average Bonchev–Trinajstić information content (AvgIpc) is 2.19. The van der Waals surface area contributed by atoms with Crippen LogP contribution in [0.2, 0.25) is 0 Å². The number of carboxylic acid groups (broad SMARTS) is 1.